The summed E-state index contributed by atoms with van der Waals surface area (Å²) in [5.41, 5.74) is 8.30. The van der Waals surface area contributed by atoms with Crippen LogP contribution in [0.4, 0.5) is 0 Å². The van der Waals surface area contributed by atoms with Gasteiger partial charge in [-0.05, 0) is 36.2 Å². The summed E-state index contributed by atoms with van der Waals surface area (Å²) in [6, 6.07) is 14.1. The number of aromatic nitrogens is 1. The summed E-state index contributed by atoms with van der Waals surface area (Å²) in [4.78, 5) is 4.44. The van der Waals surface area contributed by atoms with Crippen LogP contribution >= 0.6 is 0 Å². The Labute approximate surface area is 112 Å². The van der Waals surface area contributed by atoms with Crippen LogP contribution in [0.2, 0.25) is 0 Å². The quantitative estimate of drug-likeness (QED) is 0.773. The first-order valence-electron chi connectivity index (χ1n) is 6.45. The van der Waals surface area contributed by atoms with E-state index in [1.807, 2.05) is 36.5 Å². The monoisotopic (exact) mass is 252 g/mol. The minimum absolute atomic E-state index is 0.0118. The second-order valence-corrected chi connectivity index (χ2v) is 4.69. The van der Waals surface area contributed by atoms with Gasteiger partial charge in [0.05, 0.1) is 11.8 Å². The minimum atomic E-state index is -0.0118. The molecule has 0 aliphatic carbocycles. The average molecular weight is 252 g/mol. The molecule has 1 atom stereocenters. The van der Waals surface area contributed by atoms with Gasteiger partial charge in [-0.2, -0.15) is 0 Å². The largest absolute Gasteiger partial charge is 0.469 e. The van der Waals surface area contributed by atoms with Gasteiger partial charge >= 0.3 is 0 Å². The molecule has 3 rings (SSSR count). The molecule has 0 spiro atoms. The lowest BCUT2D eigenvalue weighted by molar-refractivity contribution is 0.488. The molecule has 0 radical (unpaired) electrons. The number of nitrogens with zero attached hydrogens (tertiary/aromatic N) is 1. The highest BCUT2D eigenvalue weighted by Gasteiger charge is 2.08. The van der Waals surface area contributed by atoms with E-state index in [4.69, 9.17) is 10.2 Å². The lowest BCUT2D eigenvalue weighted by Crippen LogP contribution is -2.11. The third kappa shape index (κ3) is 2.66. The van der Waals surface area contributed by atoms with Gasteiger partial charge in [-0.1, -0.05) is 18.2 Å². The van der Waals surface area contributed by atoms with Gasteiger partial charge in [0.15, 0.2) is 0 Å². The van der Waals surface area contributed by atoms with Crippen LogP contribution in [-0.4, -0.2) is 4.98 Å². The highest BCUT2D eigenvalue weighted by atomic mass is 16.3. The van der Waals surface area contributed by atoms with Crippen molar-refractivity contribution in [3.63, 3.8) is 0 Å². The van der Waals surface area contributed by atoms with E-state index in [2.05, 4.69) is 17.1 Å². The summed E-state index contributed by atoms with van der Waals surface area (Å²) >= 11 is 0. The van der Waals surface area contributed by atoms with Gasteiger partial charge in [-0.3, -0.25) is 4.98 Å². The van der Waals surface area contributed by atoms with E-state index in [-0.39, 0.29) is 6.04 Å². The number of pyridine rings is 1. The second-order valence-electron chi connectivity index (χ2n) is 4.69. The van der Waals surface area contributed by atoms with E-state index in [9.17, 15) is 0 Å². The number of furan rings is 1. The number of benzene rings is 1. The van der Waals surface area contributed by atoms with Gasteiger partial charge in [0, 0.05) is 24.0 Å². The van der Waals surface area contributed by atoms with Crippen molar-refractivity contribution in [1.82, 2.24) is 4.98 Å². The van der Waals surface area contributed by atoms with Crippen LogP contribution in [0.3, 0.4) is 0 Å². The topological polar surface area (TPSA) is 52.0 Å². The maximum absolute atomic E-state index is 6.22. The fraction of sp³-hybridized carbons (Fsp3) is 0.188. The van der Waals surface area contributed by atoms with Crippen LogP contribution < -0.4 is 5.73 Å². The summed E-state index contributed by atoms with van der Waals surface area (Å²) in [5, 5.41) is 1.13. The number of nitrogens with two attached hydrogens (primary N) is 1. The summed E-state index contributed by atoms with van der Waals surface area (Å²) < 4.78 is 5.32. The maximum atomic E-state index is 6.22. The van der Waals surface area contributed by atoms with Gasteiger partial charge in [-0.15, -0.1) is 0 Å². The van der Waals surface area contributed by atoms with Gasteiger partial charge in [0.2, 0.25) is 0 Å². The highest BCUT2D eigenvalue weighted by molar-refractivity contribution is 5.78. The first-order chi connectivity index (χ1) is 9.33. The van der Waals surface area contributed by atoms with Crippen molar-refractivity contribution in [3.8, 4) is 0 Å². The normalized spacial score (nSPS) is 12.7. The number of fused-ring (bicyclic) bond motifs is 1. The molecule has 19 heavy (non-hydrogen) atoms. The van der Waals surface area contributed by atoms with Crippen LogP contribution in [0.5, 0.6) is 0 Å². The Bertz CT molecular complexity index is 661. The predicted octanol–water partition coefficient (Wildman–Crippen LogP) is 3.46. The number of aryl methyl sites for hydroxylation is 1. The zero-order valence-electron chi connectivity index (χ0n) is 10.6. The van der Waals surface area contributed by atoms with Crippen molar-refractivity contribution in [2.45, 2.75) is 18.9 Å². The van der Waals surface area contributed by atoms with Gasteiger partial charge in [0.25, 0.3) is 0 Å². The van der Waals surface area contributed by atoms with Crippen molar-refractivity contribution in [2.75, 3.05) is 0 Å². The molecule has 2 aromatic heterocycles. The van der Waals surface area contributed by atoms with Crippen molar-refractivity contribution in [3.05, 3.63) is 66.2 Å². The molecule has 1 unspecified atom stereocenters. The van der Waals surface area contributed by atoms with Crippen LogP contribution in [0.25, 0.3) is 10.9 Å². The first-order valence-corrected chi connectivity index (χ1v) is 6.45. The van der Waals surface area contributed by atoms with E-state index in [0.29, 0.717) is 0 Å². The van der Waals surface area contributed by atoms with Crippen molar-refractivity contribution in [2.24, 2.45) is 5.73 Å². The molecule has 3 heteroatoms. The smallest absolute Gasteiger partial charge is 0.103 e. The highest BCUT2D eigenvalue weighted by Crippen LogP contribution is 2.20. The molecule has 0 saturated heterocycles. The van der Waals surface area contributed by atoms with Crippen molar-refractivity contribution >= 4 is 10.9 Å². The Kier molecular flexibility index (Phi) is 3.29. The molecule has 0 bridgehead atoms. The molecule has 0 amide bonds. The third-order valence-electron chi connectivity index (χ3n) is 3.32. The van der Waals surface area contributed by atoms with E-state index in [0.717, 1.165) is 35.1 Å². The molecule has 3 aromatic rings. The maximum Gasteiger partial charge on any atom is 0.103 e. The van der Waals surface area contributed by atoms with Gasteiger partial charge in [0.1, 0.15) is 5.76 Å². The Hall–Kier alpha value is -2.13. The van der Waals surface area contributed by atoms with E-state index in [1.54, 1.807) is 6.26 Å². The fourth-order valence-electron chi connectivity index (χ4n) is 2.21. The third-order valence-corrected chi connectivity index (χ3v) is 3.32. The molecule has 0 aliphatic heterocycles. The minimum Gasteiger partial charge on any atom is -0.469 e. The van der Waals surface area contributed by atoms with E-state index >= 15 is 0 Å². The average Bonchev–Trinajstić information content (AvgIpc) is 2.97. The zero-order valence-corrected chi connectivity index (χ0v) is 10.6. The lowest BCUT2D eigenvalue weighted by atomic mass is 10.0. The van der Waals surface area contributed by atoms with Gasteiger partial charge < -0.3 is 10.2 Å². The number of para-hydroxylation sites is 1. The zero-order chi connectivity index (χ0) is 13.1. The summed E-state index contributed by atoms with van der Waals surface area (Å²) in [6.07, 6.45) is 5.27. The molecular weight excluding hydrogens is 236 g/mol. The molecule has 2 heterocycles. The molecule has 1 aromatic carbocycles. The van der Waals surface area contributed by atoms with Crippen LogP contribution in [0.1, 0.15) is 23.8 Å². The first kappa shape index (κ1) is 11.9. The number of rotatable bonds is 4. The van der Waals surface area contributed by atoms with E-state index in [1.165, 1.54) is 0 Å². The molecule has 0 aliphatic rings. The molecule has 96 valence electrons. The van der Waals surface area contributed by atoms with E-state index < -0.39 is 0 Å². The molecule has 0 fully saturated rings. The van der Waals surface area contributed by atoms with Crippen LogP contribution in [0, 0.1) is 0 Å². The van der Waals surface area contributed by atoms with Gasteiger partial charge in [-0.25, -0.2) is 0 Å². The molecule has 3 nitrogen and oxygen atoms in total. The molecule has 2 N–H and O–H groups in total. The SMILES string of the molecule is NC(CCc1ccco1)c1cnc2ccccc2c1. The Morgan fingerprint density at radius 3 is 2.89 bits per heavy atom. The van der Waals surface area contributed by atoms with Crippen molar-refractivity contribution in [1.29, 1.82) is 0 Å². The predicted molar refractivity (Wildman–Crippen MR) is 75.7 cm³/mol. The Morgan fingerprint density at radius 1 is 1.16 bits per heavy atom. The summed E-state index contributed by atoms with van der Waals surface area (Å²) in [7, 11) is 0. The standard InChI is InChI=1S/C16H16N2O/c17-15(8-7-14-5-3-9-19-14)13-10-12-4-1-2-6-16(12)18-11-13/h1-6,9-11,15H,7-8,17H2. The Balaban J connectivity index is 1.75. The number of hydrogen-bond donors (Lipinski definition) is 1. The van der Waals surface area contributed by atoms with Crippen LogP contribution in [-0.2, 0) is 6.42 Å². The summed E-state index contributed by atoms with van der Waals surface area (Å²) in [5.74, 6) is 0.976. The Morgan fingerprint density at radius 2 is 2.05 bits per heavy atom. The van der Waals surface area contributed by atoms with Crippen molar-refractivity contribution < 1.29 is 4.42 Å². The molecular formula is C16H16N2O. The van der Waals surface area contributed by atoms with Crippen LogP contribution in [0.15, 0.2) is 59.3 Å². The fourth-order valence-corrected chi connectivity index (χ4v) is 2.21. The summed E-state index contributed by atoms with van der Waals surface area (Å²) in [6.45, 7) is 0. The number of hydrogen-bond acceptors (Lipinski definition) is 3. The lowest BCUT2D eigenvalue weighted by Gasteiger charge is -2.11. The second kappa shape index (κ2) is 5.24. The molecule has 0 saturated carbocycles.